The molecule has 1 N–H and O–H groups in total. The summed E-state index contributed by atoms with van der Waals surface area (Å²) in [6.07, 6.45) is 1.97. The largest absolute Gasteiger partial charge is 0.481 e. The molecule has 0 radical (unpaired) electrons. The number of carboxylic acids is 1. The molecule has 108 valence electrons. The normalized spacial score (nSPS) is 33.2. The topological polar surface area (TPSA) is 91.8 Å². The first-order chi connectivity index (χ1) is 8.80. The number of nitrogens with zero attached hydrogens (tertiary/aromatic N) is 1. The van der Waals surface area contributed by atoms with Crippen LogP contribution in [0.3, 0.4) is 0 Å². The highest BCUT2D eigenvalue weighted by Crippen LogP contribution is 2.33. The minimum absolute atomic E-state index is 0.0321. The molecule has 0 aromatic rings. The molecule has 0 aromatic carbocycles. The van der Waals surface area contributed by atoms with E-state index in [9.17, 15) is 18.0 Å². The van der Waals surface area contributed by atoms with Crippen molar-refractivity contribution in [1.29, 1.82) is 0 Å². The van der Waals surface area contributed by atoms with Gasteiger partial charge in [0.1, 0.15) is 0 Å². The standard InChI is InChI=1S/C12H19NO5S/c1-13(10-4-5-19(17,18)7-10)11(14)8-2-3-9(6-8)12(15)16/h8-10H,2-7H2,1H3,(H,15,16). The molecule has 0 spiro atoms. The number of aliphatic carboxylic acids is 1. The Hall–Kier alpha value is -1.11. The number of hydrogen-bond acceptors (Lipinski definition) is 4. The maximum atomic E-state index is 12.2. The lowest BCUT2D eigenvalue weighted by Gasteiger charge is -2.26. The molecule has 0 bridgehead atoms. The molecule has 1 heterocycles. The molecule has 7 heteroatoms. The van der Waals surface area contributed by atoms with E-state index < -0.39 is 21.7 Å². The predicted octanol–water partition coefficient (Wildman–Crippen LogP) is 0.133. The summed E-state index contributed by atoms with van der Waals surface area (Å²) in [5, 5.41) is 8.93. The number of carbonyl (C=O) groups is 2. The van der Waals surface area contributed by atoms with E-state index in [0.717, 1.165) is 0 Å². The summed E-state index contributed by atoms with van der Waals surface area (Å²) in [5.41, 5.74) is 0. The zero-order chi connectivity index (χ0) is 14.2. The van der Waals surface area contributed by atoms with E-state index in [0.29, 0.717) is 25.7 Å². The van der Waals surface area contributed by atoms with Crippen molar-refractivity contribution in [2.45, 2.75) is 31.7 Å². The minimum atomic E-state index is -3.01. The molecule has 0 aromatic heterocycles. The van der Waals surface area contributed by atoms with Gasteiger partial charge in [0.2, 0.25) is 5.91 Å². The Balaban J connectivity index is 1.95. The van der Waals surface area contributed by atoms with Crippen molar-refractivity contribution in [3.8, 4) is 0 Å². The van der Waals surface area contributed by atoms with Crippen LogP contribution in [-0.2, 0) is 19.4 Å². The van der Waals surface area contributed by atoms with E-state index in [1.165, 1.54) is 4.90 Å². The van der Waals surface area contributed by atoms with E-state index in [1.54, 1.807) is 7.05 Å². The van der Waals surface area contributed by atoms with E-state index in [1.807, 2.05) is 0 Å². The number of sulfone groups is 1. The van der Waals surface area contributed by atoms with Gasteiger partial charge in [0.15, 0.2) is 9.84 Å². The van der Waals surface area contributed by atoms with E-state index in [2.05, 4.69) is 0 Å². The molecule has 19 heavy (non-hydrogen) atoms. The van der Waals surface area contributed by atoms with Gasteiger partial charge in [-0.05, 0) is 25.7 Å². The lowest BCUT2D eigenvalue weighted by Crippen LogP contribution is -2.41. The average molecular weight is 289 g/mol. The monoisotopic (exact) mass is 289 g/mol. The van der Waals surface area contributed by atoms with Crippen molar-refractivity contribution in [3.05, 3.63) is 0 Å². The van der Waals surface area contributed by atoms with Crippen LogP contribution in [-0.4, -0.2) is 54.9 Å². The summed E-state index contributed by atoms with van der Waals surface area (Å²) < 4.78 is 22.8. The second kappa shape index (κ2) is 5.11. The first-order valence-corrected chi connectivity index (χ1v) is 8.32. The van der Waals surface area contributed by atoms with Crippen molar-refractivity contribution in [2.75, 3.05) is 18.6 Å². The maximum absolute atomic E-state index is 12.2. The first kappa shape index (κ1) is 14.3. The molecule has 2 aliphatic rings. The van der Waals surface area contributed by atoms with Crippen LogP contribution in [0.15, 0.2) is 0 Å². The summed E-state index contributed by atoms with van der Waals surface area (Å²) in [6, 6.07) is -0.249. The van der Waals surface area contributed by atoms with Crippen LogP contribution >= 0.6 is 0 Å². The molecule has 3 unspecified atom stereocenters. The Morgan fingerprint density at radius 2 is 1.79 bits per heavy atom. The SMILES string of the molecule is CN(C(=O)C1CCC(C(=O)O)C1)C1CCS(=O)(=O)C1. The highest BCUT2D eigenvalue weighted by molar-refractivity contribution is 7.91. The maximum Gasteiger partial charge on any atom is 0.306 e. The Morgan fingerprint density at radius 3 is 2.26 bits per heavy atom. The lowest BCUT2D eigenvalue weighted by molar-refractivity contribution is -0.141. The summed E-state index contributed by atoms with van der Waals surface area (Å²) in [5.74, 6) is -1.49. The van der Waals surface area contributed by atoms with Crippen LogP contribution in [0.4, 0.5) is 0 Å². The highest BCUT2D eigenvalue weighted by atomic mass is 32.2. The molecule has 2 fully saturated rings. The van der Waals surface area contributed by atoms with Crippen LogP contribution in [0.1, 0.15) is 25.7 Å². The summed E-state index contributed by atoms with van der Waals surface area (Å²) in [7, 11) is -1.38. The van der Waals surface area contributed by atoms with Gasteiger partial charge in [-0.2, -0.15) is 0 Å². The molecule has 1 saturated heterocycles. The fourth-order valence-corrected chi connectivity index (χ4v) is 4.75. The molecule has 2 rings (SSSR count). The van der Waals surface area contributed by atoms with Crippen molar-refractivity contribution in [1.82, 2.24) is 4.90 Å². The Kier molecular flexibility index (Phi) is 3.85. The predicted molar refractivity (Wildman–Crippen MR) is 68.3 cm³/mol. The molecular weight excluding hydrogens is 270 g/mol. The quantitative estimate of drug-likeness (QED) is 0.797. The van der Waals surface area contributed by atoms with Gasteiger partial charge in [-0.1, -0.05) is 0 Å². The van der Waals surface area contributed by atoms with E-state index >= 15 is 0 Å². The number of carbonyl (C=O) groups excluding carboxylic acids is 1. The Bertz CT molecular complexity index is 486. The third-order valence-electron chi connectivity index (χ3n) is 4.23. The smallest absolute Gasteiger partial charge is 0.306 e. The molecule has 3 atom stereocenters. The third kappa shape index (κ3) is 3.08. The molecule has 1 aliphatic heterocycles. The number of carboxylic acid groups (broad SMARTS) is 1. The van der Waals surface area contributed by atoms with Gasteiger partial charge < -0.3 is 10.0 Å². The van der Waals surface area contributed by atoms with Crippen LogP contribution in [0.25, 0.3) is 0 Å². The van der Waals surface area contributed by atoms with E-state index in [4.69, 9.17) is 5.11 Å². The highest BCUT2D eigenvalue weighted by Gasteiger charge is 2.39. The van der Waals surface area contributed by atoms with Crippen LogP contribution in [0, 0.1) is 11.8 Å². The van der Waals surface area contributed by atoms with E-state index in [-0.39, 0.29) is 29.4 Å². The summed E-state index contributed by atoms with van der Waals surface area (Å²) >= 11 is 0. The van der Waals surface area contributed by atoms with Gasteiger partial charge in [0, 0.05) is 19.0 Å². The second-order valence-electron chi connectivity index (χ2n) is 5.55. The van der Waals surface area contributed by atoms with Gasteiger partial charge in [-0.3, -0.25) is 9.59 Å². The van der Waals surface area contributed by atoms with Crippen LogP contribution in [0.5, 0.6) is 0 Å². The zero-order valence-corrected chi connectivity index (χ0v) is 11.7. The van der Waals surface area contributed by atoms with Gasteiger partial charge >= 0.3 is 5.97 Å². The molecule has 1 saturated carbocycles. The Morgan fingerprint density at radius 1 is 1.16 bits per heavy atom. The molecule has 1 amide bonds. The van der Waals surface area contributed by atoms with Crippen LogP contribution in [0.2, 0.25) is 0 Å². The van der Waals surface area contributed by atoms with Crippen molar-refractivity contribution in [2.24, 2.45) is 11.8 Å². The summed E-state index contributed by atoms with van der Waals surface area (Å²) in [6.45, 7) is 0. The zero-order valence-electron chi connectivity index (χ0n) is 10.9. The van der Waals surface area contributed by atoms with Crippen LogP contribution < -0.4 is 0 Å². The summed E-state index contributed by atoms with van der Waals surface area (Å²) in [4.78, 5) is 24.6. The fraction of sp³-hybridized carbons (Fsp3) is 0.833. The number of hydrogen-bond donors (Lipinski definition) is 1. The van der Waals surface area contributed by atoms with Gasteiger partial charge in [0.05, 0.1) is 17.4 Å². The molecule has 1 aliphatic carbocycles. The van der Waals surface area contributed by atoms with Gasteiger partial charge in [-0.15, -0.1) is 0 Å². The first-order valence-electron chi connectivity index (χ1n) is 6.50. The van der Waals surface area contributed by atoms with Gasteiger partial charge in [0.25, 0.3) is 0 Å². The minimum Gasteiger partial charge on any atom is -0.481 e. The number of rotatable bonds is 3. The van der Waals surface area contributed by atoms with Crippen molar-refractivity contribution >= 4 is 21.7 Å². The number of amides is 1. The second-order valence-corrected chi connectivity index (χ2v) is 7.78. The average Bonchev–Trinajstić information content (AvgIpc) is 2.93. The third-order valence-corrected chi connectivity index (χ3v) is 5.99. The molecule has 6 nitrogen and oxygen atoms in total. The lowest BCUT2D eigenvalue weighted by atomic mass is 10.0. The Labute approximate surface area is 112 Å². The molecular formula is C12H19NO5S. The van der Waals surface area contributed by atoms with Crippen molar-refractivity contribution in [3.63, 3.8) is 0 Å². The fourth-order valence-electron chi connectivity index (χ4n) is 2.98. The van der Waals surface area contributed by atoms with Gasteiger partial charge in [-0.25, -0.2) is 8.42 Å². The van der Waals surface area contributed by atoms with Crippen molar-refractivity contribution < 1.29 is 23.1 Å².